The summed E-state index contributed by atoms with van der Waals surface area (Å²) in [5.74, 6) is 0.151. The smallest absolute Gasteiger partial charge is 0.236 e. The number of hydrogen-bond donors (Lipinski definition) is 2. The summed E-state index contributed by atoms with van der Waals surface area (Å²) in [6.07, 6.45) is 0.748. The third-order valence-corrected chi connectivity index (χ3v) is 6.62. The minimum atomic E-state index is -0.127. The Hall–Kier alpha value is -3.06. The molecule has 2 aliphatic heterocycles. The Balaban J connectivity index is 1.23. The number of likely N-dealkylation sites (tertiary alicyclic amines) is 1. The number of aryl methyl sites for hydroxylation is 2. The molecule has 0 aliphatic carbocycles. The Bertz CT molecular complexity index is 968. The molecule has 2 saturated heterocycles. The predicted octanol–water partition coefficient (Wildman–Crippen LogP) is 2.62. The first kappa shape index (κ1) is 22.1. The van der Waals surface area contributed by atoms with Crippen LogP contribution in [-0.4, -0.2) is 72.5 Å². The zero-order valence-corrected chi connectivity index (χ0v) is 18.9. The average molecular weight is 437 g/mol. The Morgan fingerprint density at radius 2 is 1.69 bits per heavy atom. The van der Waals surface area contributed by atoms with E-state index in [1.165, 1.54) is 16.8 Å². The van der Waals surface area contributed by atoms with Gasteiger partial charge in [0.15, 0.2) is 0 Å². The van der Waals surface area contributed by atoms with Crippen LogP contribution in [0.5, 0.6) is 5.75 Å². The maximum absolute atomic E-state index is 12.8. The highest BCUT2D eigenvalue weighted by Gasteiger charge is 2.31. The van der Waals surface area contributed by atoms with Crippen molar-refractivity contribution >= 4 is 23.2 Å². The van der Waals surface area contributed by atoms with E-state index in [0.29, 0.717) is 18.8 Å². The van der Waals surface area contributed by atoms with Crippen molar-refractivity contribution in [1.82, 2.24) is 9.80 Å². The average Bonchev–Trinajstić information content (AvgIpc) is 3.26. The quantitative estimate of drug-likeness (QED) is 0.705. The highest BCUT2D eigenvalue weighted by atomic mass is 16.3. The number of benzene rings is 2. The molecule has 2 aromatic carbocycles. The van der Waals surface area contributed by atoms with Crippen molar-refractivity contribution in [3.8, 4) is 5.75 Å². The molecular weight excluding hydrogens is 404 g/mol. The van der Waals surface area contributed by atoms with Crippen molar-refractivity contribution in [2.24, 2.45) is 5.92 Å². The summed E-state index contributed by atoms with van der Waals surface area (Å²) >= 11 is 0. The van der Waals surface area contributed by atoms with E-state index in [9.17, 15) is 14.7 Å². The van der Waals surface area contributed by atoms with Crippen molar-refractivity contribution in [3.05, 3.63) is 53.6 Å². The molecule has 4 rings (SSSR count). The number of nitrogens with zero attached hydrogens (tertiary/aromatic N) is 3. The van der Waals surface area contributed by atoms with Gasteiger partial charge in [-0.15, -0.1) is 0 Å². The Morgan fingerprint density at radius 3 is 2.38 bits per heavy atom. The number of carbonyl (C=O) groups is 2. The predicted molar refractivity (Wildman–Crippen MR) is 126 cm³/mol. The van der Waals surface area contributed by atoms with Crippen LogP contribution in [0.2, 0.25) is 0 Å². The largest absolute Gasteiger partial charge is 0.508 e. The topological polar surface area (TPSA) is 76.1 Å². The fraction of sp³-hybridized carbons (Fsp3) is 0.440. The van der Waals surface area contributed by atoms with Gasteiger partial charge in [0.2, 0.25) is 11.8 Å². The molecule has 2 aliphatic rings. The highest BCUT2D eigenvalue weighted by molar-refractivity contribution is 5.93. The molecule has 0 aromatic heterocycles. The summed E-state index contributed by atoms with van der Waals surface area (Å²) in [7, 11) is 0. The lowest BCUT2D eigenvalue weighted by Gasteiger charge is -2.37. The summed E-state index contributed by atoms with van der Waals surface area (Å²) in [4.78, 5) is 31.8. The first-order chi connectivity index (χ1) is 15.4. The number of hydrogen-bond acceptors (Lipinski definition) is 5. The molecule has 7 heteroatoms. The number of aromatic hydroxyl groups is 1. The highest BCUT2D eigenvalue weighted by Crippen LogP contribution is 2.22. The van der Waals surface area contributed by atoms with Crippen LogP contribution in [0.4, 0.5) is 11.4 Å². The lowest BCUT2D eigenvalue weighted by Crippen LogP contribution is -2.51. The van der Waals surface area contributed by atoms with Gasteiger partial charge in [0.05, 0.1) is 12.5 Å². The van der Waals surface area contributed by atoms with Gasteiger partial charge < -0.3 is 20.2 Å². The minimum Gasteiger partial charge on any atom is -0.508 e. The van der Waals surface area contributed by atoms with E-state index in [1.807, 2.05) is 4.90 Å². The monoisotopic (exact) mass is 436 g/mol. The first-order valence-electron chi connectivity index (χ1n) is 11.3. The summed E-state index contributed by atoms with van der Waals surface area (Å²) in [5.41, 5.74) is 4.48. The van der Waals surface area contributed by atoms with Gasteiger partial charge in [-0.05, 0) is 74.3 Å². The maximum Gasteiger partial charge on any atom is 0.236 e. The zero-order chi connectivity index (χ0) is 22.7. The lowest BCUT2D eigenvalue weighted by atomic mass is 10.1. The molecule has 2 amide bonds. The molecule has 0 bridgehead atoms. The second-order valence-electron chi connectivity index (χ2n) is 8.89. The van der Waals surface area contributed by atoms with Crippen molar-refractivity contribution in [2.45, 2.75) is 20.3 Å². The van der Waals surface area contributed by atoms with E-state index in [1.54, 1.807) is 24.3 Å². The zero-order valence-electron chi connectivity index (χ0n) is 18.9. The third-order valence-electron chi connectivity index (χ3n) is 6.62. The molecule has 1 atom stereocenters. The summed E-state index contributed by atoms with van der Waals surface area (Å²) in [5, 5.41) is 12.3. The SMILES string of the molecule is Cc1ccc(N2CCN(C(=O)CN3CCC(C(=O)Nc4ccc(O)cc4)C3)CC2)cc1C. The van der Waals surface area contributed by atoms with Gasteiger partial charge in [0, 0.05) is 44.1 Å². The standard InChI is InChI=1S/C25H32N4O3/c1-18-3-6-22(15-19(18)2)28-11-13-29(14-12-28)24(31)17-27-10-9-20(16-27)25(32)26-21-4-7-23(30)8-5-21/h3-8,15,20,30H,9-14,16-17H2,1-2H3,(H,26,32). The lowest BCUT2D eigenvalue weighted by molar-refractivity contribution is -0.132. The van der Waals surface area contributed by atoms with E-state index in [4.69, 9.17) is 0 Å². The van der Waals surface area contributed by atoms with Gasteiger partial charge in [-0.25, -0.2) is 0 Å². The van der Waals surface area contributed by atoms with Crippen molar-refractivity contribution in [1.29, 1.82) is 0 Å². The molecule has 1 unspecified atom stereocenters. The maximum atomic E-state index is 12.8. The molecule has 2 N–H and O–H groups in total. The van der Waals surface area contributed by atoms with Gasteiger partial charge in [-0.2, -0.15) is 0 Å². The fourth-order valence-corrected chi connectivity index (χ4v) is 4.41. The Labute approximate surface area is 189 Å². The van der Waals surface area contributed by atoms with Crippen molar-refractivity contribution < 1.29 is 14.7 Å². The summed E-state index contributed by atoms with van der Waals surface area (Å²) in [6.45, 7) is 9.10. The Kier molecular flexibility index (Phi) is 6.65. The number of phenolic OH excluding ortho intramolecular Hbond substituents is 1. The number of phenols is 1. The number of amides is 2. The minimum absolute atomic E-state index is 0.0346. The molecule has 2 fully saturated rings. The molecule has 0 spiro atoms. The van der Waals surface area contributed by atoms with E-state index in [2.05, 4.69) is 47.2 Å². The van der Waals surface area contributed by atoms with Gasteiger partial charge in [0.1, 0.15) is 5.75 Å². The van der Waals surface area contributed by atoms with E-state index in [0.717, 1.165) is 39.1 Å². The van der Waals surface area contributed by atoms with Gasteiger partial charge in [-0.3, -0.25) is 14.5 Å². The normalized spacial score (nSPS) is 19.2. The molecule has 7 nitrogen and oxygen atoms in total. The molecule has 0 saturated carbocycles. The van der Waals surface area contributed by atoms with Gasteiger partial charge in [0.25, 0.3) is 0 Å². The van der Waals surface area contributed by atoms with Gasteiger partial charge >= 0.3 is 0 Å². The number of rotatable bonds is 5. The fourth-order valence-electron chi connectivity index (χ4n) is 4.41. The Morgan fingerprint density at radius 1 is 0.969 bits per heavy atom. The summed E-state index contributed by atoms with van der Waals surface area (Å²) in [6, 6.07) is 13.0. The van der Waals surface area contributed by atoms with Crippen LogP contribution in [0.15, 0.2) is 42.5 Å². The van der Waals surface area contributed by atoms with Crippen LogP contribution in [0, 0.1) is 19.8 Å². The van der Waals surface area contributed by atoms with Crippen molar-refractivity contribution in [3.63, 3.8) is 0 Å². The molecule has 2 heterocycles. The van der Waals surface area contributed by atoms with Gasteiger partial charge in [-0.1, -0.05) is 6.07 Å². The van der Waals surface area contributed by atoms with Crippen LogP contribution in [-0.2, 0) is 9.59 Å². The summed E-state index contributed by atoms with van der Waals surface area (Å²) < 4.78 is 0. The molecule has 170 valence electrons. The second-order valence-corrected chi connectivity index (χ2v) is 8.89. The van der Waals surface area contributed by atoms with E-state index in [-0.39, 0.29) is 23.5 Å². The number of nitrogens with one attached hydrogen (secondary N) is 1. The molecular formula is C25H32N4O3. The van der Waals surface area contributed by atoms with Crippen LogP contribution >= 0.6 is 0 Å². The number of carbonyl (C=O) groups excluding carboxylic acids is 2. The van der Waals surface area contributed by atoms with Crippen LogP contribution in [0.3, 0.4) is 0 Å². The first-order valence-corrected chi connectivity index (χ1v) is 11.3. The molecule has 32 heavy (non-hydrogen) atoms. The number of piperazine rings is 1. The van der Waals surface area contributed by atoms with E-state index < -0.39 is 0 Å². The van der Waals surface area contributed by atoms with E-state index >= 15 is 0 Å². The third kappa shape index (κ3) is 5.22. The van der Waals surface area contributed by atoms with Crippen molar-refractivity contribution in [2.75, 3.05) is 56.0 Å². The van der Waals surface area contributed by atoms with Crippen LogP contribution < -0.4 is 10.2 Å². The molecule has 2 aromatic rings. The second kappa shape index (κ2) is 9.61. The molecule has 0 radical (unpaired) electrons. The van der Waals surface area contributed by atoms with Crippen LogP contribution in [0.1, 0.15) is 17.5 Å². The number of anilines is 2. The van der Waals surface area contributed by atoms with Crippen LogP contribution in [0.25, 0.3) is 0 Å².